The second-order valence-corrected chi connectivity index (χ2v) is 6.89. The first-order chi connectivity index (χ1) is 12.0. The molecule has 3 amide bonds. The van der Waals surface area contributed by atoms with Gasteiger partial charge in [-0.15, -0.1) is 0 Å². The number of rotatable bonds is 6. The van der Waals surface area contributed by atoms with Gasteiger partial charge in [0.1, 0.15) is 12.4 Å². The summed E-state index contributed by atoms with van der Waals surface area (Å²) >= 11 is 5.81. The second-order valence-electron chi connectivity index (χ2n) is 6.46. The average molecular weight is 368 g/mol. The third-order valence-corrected chi connectivity index (χ3v) is 4.36. The van der Waals surface area contributed by atoms with Crippen molar-refractivity contribution in [3.05, 3.63) is 29.3 Å². The number of likely N-dealkylation sites (tertiary alicyclic amines) is 1. The molecule has 1 aromatic rings. The number of carbonyl (C=O) groups excluding carboxylic acids is 2. The van der Waals surface area contributed by atoms with Crippen LogP contribution in [-0.4, -0.2) is 49.1 Å². The third-order valence-electron chi connectivity index (χ3n) is 4.11. The smallest absolute Gasteiger partial charge is 0.315 e. The number of nitrogens with one attached hydrogen (secondary N) is 2. The second kappa shape index (κ2) is 9.51. The largest absolute Gasteiger partial charge is 0.492 e. The number of nitrogens with zero attached hydrogens (tertiary/aromatic N) is 1. The molecule has 6 nitrogen and oxygen atoms in total. The van der Waals surface area contributed by atoms with Crippen LogP contribution in [0.15, 0.2) is 24.3 Å². The molecule has 25 heavy (non-hydrogen) atoms. The number of hydrogen-bond donors (Lipinski definition) is 2. The molecule has 7 heteroatoms. The van der Waals surface area contributed by atoms with Gasteiger partial charge in [-0.3, -0.25) is 4.79 Å². The average Bonchev–Trinajstić information content (AvgIpc) is 2.60. The number of carbonyl (C=O) groups is 2. The first-order valence-electron chi connectivity index (χ1n) is 8.67. The number of piperidine rings is 1. The molecule has 0 aliphatic carbocycles. The van der Waals surface area contributed by atoms with Crippen LogP contribution in [0.25, 0.3) is 0 Å². The molecule has 2 rings (SSSR count). The van der Waals surface area contributed by atoms with Gasteiger partial charge in [0.2, 0.25) is 5.91 Å². The van der Waals surface area contributed by atoms with Gasteiger partial charge in [-0.05, 0) is 37.1 Å². The van der Waals surface area contributed by atoms with Gasteiger partial charge in [0.05, 0.1) is 6.54 Å². The molecule has 0 spiro atoms. The Morgan fingerprint density at radius 3 is 2.48 bits per heavy atom. The lowest BCUT2D eigenvalue weighted by atomic mass is 10.0. The lowest BCUT2D eigenvalue weighted by Crippen LogP contribution is -2.50. The molecule has 0 aromatic heterocycles. The predicted octanol–water partition coefficient (Wildman–Crippen LogP) is 2.67. The zero-order valence-corrected chi connectivity index (χ0v) is 15.5. The number of ether oxygens (including phenoxy) is 1. The molecule has 2 N–H and O–H groups in total. The van der Waals surface area contributed by atoms with Crippen molar-refractivity contribution in [2.45, 2.75) is 32.7 Å². The molecule has 0 unspecified atom stereocenters. The summed E-state index contributed by atoms with van der Waals surface area (Å²) in [6, 6.07) is 6.99. The zero-order valence-electron chi connectivity index (χ0n) is 14.8. The fourth-order valence-corrected chi connectivity index (χ4v) is 2.84. The summed E-state index contributed by atoms with van der Waals surface area (Å²) in [7, 11) is 0. The molecule has 138 valence electrons. The first-order valence-corrected chi connectivity index (χ1v) is 9.05. The lowest BCUT2D eigenvalue weighted by molar-refractivity contribution is -0.135. The minimum Gasteiger partial charge on any atom is -0.492 e. The van der Waals surface area contributed by atoms with E-state index in [-0.39, 0.29) is 23.9 Å². The Labute approximate surface area is 153 Å². The summed E-state index contributed by atoms with van der Waals surface area (Å²) in [5.41, 5.74) is 0. The highest BCUT2D eigenvalue weighted by atomic mass is 35.5. The van der Waals surface area contributed by atoms with Gasteiger partial charge < -0.3 is 20.3 Å². The standard InChI is InChI=1S/C18H26ClN3O3/c1-13(2)17(23)22-10-7-15(8-11-22)21-18(24)20-9-12-25-16-5-3-14(19)4-6-16/h3-6,13,15H,7-12H2,1-2H3,(H2,20,21,24). The van der Waals surface area contributed by atoms with Crippen molar-refractivity contribution < 1.29 is 14.3 Å². The van der Waals surface area contributed by atoms with Crippen LogP contribution in [-0.2, 0) is 4.79 Å². The van der Waals surface area contributed by atoms with Crippen LogP contribution in [0, 0.1) is 5.92 Å². The van der Waals surface area contributed by atoms with E-state index in [1.807, 2.05) is 18.7 Å². The maximum atomic E-state index is 11.9. The van der Waals surface area contributed by atoms with E-state index in [9.17, 15) is 9.59 Å². The van der Waals surface area contributed by atoms with Gasteiger partial charge in [0.15, 0.2) is 0 Å². The van der Waals surface area contributed by atoms with Crippen molar-refractivity contribution in [3.8, 4) is 5.75 Å². The number of halogens is 1. The quantitative estimate of drug-likeness (QED) is 0.759. The van der Waals surface area contributed by atoms with Crippen molar-refractivity contribution in [1.29, 1.82) is 0 Å². The van der Waals surface area contributed by atoms with Gasteiger partial charge in [-0.25, -0.2) is 4.79 Å². The Kier molecular flexibility index (Phi) is 7.37. The van der Waals surface area contributed by atoms with Crippen molar-refractivity contribution in [2.75, 3.05) is 26.2 Å². The molecule has 1 aliphatic heterocycles. The van der Waals surface area contributed by atoms with Crippen molar-refractivity contribution in [2.24, 2.45) is 5.92 Å². The predicted molar refractivity (Wildman–Crippen MR) is 97.9 cm³/mol. The van der Waals surface area contributed by atoms with Crippen LogP contribution in [0.2, 0.25) is 5.02 Å². The summed E-state index contributed by atoms with van der Waals surface area (Å²) in [6.07, 6.45) is 1.57. The molecule has 0 radical (unpaired) electrons. The number of urea groups is 1. The maximum absolute atomic E-state index is 11.9. The normalized spacial score (nSPS) is 15.1. The lowest BCUT2D eigenvalue weighted by Gasteiger charge is -2.33. The summed E-state index contributed by atoms with van der Waals surface area (Å²) in [6.45, 7) is 6.01. The summed E-state index contributed by atoms with van der Waals surface area (Å²) in [4.78, 5) is 25.7. The van der Waals surface area contributed by atoms with E-state index in [4.69, 9.17) is 16.3 Å². The van der Waals surface area contributed by atoms with Gasteiger partial charge in [-0.2, -0.15) is 0 Å². The fourth-order valence-electron chi connectivity index (χ4n) is 2.71. The van der Waals surface area contributed by atoms with E-state index in [1.165, 1.54) is 0 Å². The molecule has 1 saturated heterocycles. The fraction of sp³-hybridized carbons (Fsp3) is 0.556. The first kappa shape index (κ1) is 19.4. The van der Waals surface area contributed by atoms with Gasteiger partial charge in [0, 0.05) is 30.1 Å². The highest BCUT2D eigenvalue weighted by molar-refractivity contribution is 6.30. The molecule has 1 aliphatic rings. The van der Waals surface area contributed by atoms with E-state index in [1.54, 1.807) is 24.3 Å². The van der Waals surface area contributed by atoms with Gasteiger partial charge in [0.25, 0.3) is 0 Å². The van der Waals surface area contributed by atoms with Crippen LogP contribution >= 0.6 is 11.6 Å². The Morgan fingerprint density at radius 1 is 1.24 bits per heavy atom. The molecular weight excluding hydrogens is 342 g/mol. The summed E-state index contributed by atoms with van der Waals surface area (Å²) < 4.78 is 5.52. The highest BCUT2D eigenvalue weighted by Crippen LogP contribution is 2.15. The summed E-state index contributed by atoms with van der Waals surface area (Å²) in [5, 5.41) is 6.39. The number of amides is 3. The van der Waals surface area contributed by atoms with Gasteiger partial charge in [-0.1, -0.05) is 25.4 Å². The molecule has 0 atom stereocenters. The molecule has 1 fully saturated rings. The Balaban J connectivity index is 1.60. The molecule has 0 saturated carbocycles. The monoisotopic (exact) mass is 367 g/mol. The van der Waals surface area contributed by atoms with E-state index in [0.29, 0.717) is 37.0 Å². The maximum Gasteiger partial charge on any atom is 0.315 e. The SMILES string of the molecule is CC(C)C(=O)N1CCC(NC(=O)NCCOc2ccc(Cl)cc2)CC1. The summed E-state index contributed by atoms with van der Waals surface area (Å²) in [5.74, 6) is 0.921. The van der Waals surface area contributed by atoms with Crippen molar-refractivity contribution >= 4 is 23.5 Å². The molecule has 1 aromatic carbocycles. The van der Waals surface area contributed by atoms with Crippen molar-refractivity contribution in [1.82, 2.24) is 15.5 Å². The molecule has 1 heterocycles. The Morgan fingerprint density at radius 2 is 1.88 bits per heavy atom. The van der Waals surface area contributed by atoms with E-state index in [2.05, 4.69) is 10.6 Å². The Bertz CT molecular complexity index is 569. The number of hydrogen-bond acceptors (Lipinski definition) is 3. The van der Waals surface area contributed by atoms with Crippen LogP contribution in [0.5, 0.6) is 5.75 Å². The van der Waals surface area contributed by atoms with Crippen LogP contribution in [0.4, 0.5) is 4.79 Å². The van der Waals surface area contributed by atoms with E-state index >= 15 is 0 Å². The zero-order chi connectivity index (χ0) is 18.2. The number of benzene rings is 1. The highest BCUT2D eigenvalue weighted by Gasteiger charge is 2.24. The van der Waals surface area contributed by atoms with Crippen molar-refractivity contribution in [3.63, 3.8) is 0 Å². The Hall–Kier alpha value is -1.95. The van der Waals surface area contributed by atoms with Gasteiger partial charge >= 0.3 is 6.03 Å². The minimum atomic E-state index is -0.201. The molecular formula is C18H26ClN3O3. The third kappa shape index (κ3) is 6.46. The van der Waals surface area contributed by atoms with Crippen LogP contribution in [0.3, 0.4) is 0 Å². The van der Waals surface area contributed by atoms with Crippen LogP contribution < -0.4 is 15.4 Å². The minimum absolute atomic E-state index is 0.0217. The van der Waals surface area contributed by atoms with Crippen LogP contribution in [0.1, 0.15) is 26.7 Å². The molecule has 0 bridgehead atoms. The van der Waals surface area contributed by atoms with E-state index in [0.717, 1.165) is 12.8 Å². The van der Waals surface area contributed by atoms with E-state index < -0.39 is 0 Å². The topological polar surface area (TPSA) is 70.7 Å².